The monoisotopic (exact) mass is 382 g/mol. The van der Waals surface area contributed by atoms with Gasteiger partial charge in [0, 0.05) is 0 Å². The molecule has 28 heavy (non-hydrogen) atoms. The largest absolute Gasteiger partial charge is 0.504 e. The Morgan fingerprint density at radius 2 is 2.14 bits per heavy atom. The van der Waals surface area contributed by atoms with E-state index in [1.54, 1.807) is 25.5 Å². The third-order valence-electron chi connectivity index (χ3n) is 6.49. The highest BCUT2D eigenvalue weighted by atomic mass is 19.1. The molecule has 3 atom stereocenters. The van der Waals surface area contributed by atoms with Crippen LogP contribution in [0.5, 0.6) is 0 Å². The zero-order chi connectivity index (χ0) is 19.9. The van der Waals surface area contributed by atoms with Crippen LogP contribution < -0.4 is 0 Å². The molecule has 1 aromatic heterocycles. The van der Waals surface area contributed by atoms with E-state index in [2.05, 4.69) is 18.1 Å². The number of fused-ring (bicyclic) bond motifs is 2. The molecule has 0 amide bonds. The van der Waals surface area contributed by atoms with Crippen LogP contribution in [0.1, 0.15) is 44.4 Å². The minimum atomic E-state index is -0.526. The Bertz CT molecular complexity index is 929. The number of ether oxygens (including phenoxy) is 1. The lowest BCUT2D eigenvalue weighted by molar-refractivity contribution is 0.0440. The van der Waals surface area contributed by atoms with Gasteiger partial charge in [0.1, 0.15) is 5.82 Å². The molecule has 1 fully saturated rings. The summed E-state index contributed by atoms with van der Waals surface area (Å²) in [6.45, 7) is 4.19. The van der Waals surface area contributed by atoms with Crippen molar-refractivity contribution >= 4 is 6.08 Å². The summed E-state index contributed by atoms with van der Waals surface area (Å²) in [4.78, 5) is 0. The van der Waals surface area contributed by atoms with E-state index in [4.69, 9.17) is 4.74 Å². The van der Waals surface area contributed by atoms with Crippen molar-refractivity contribution in [1.29, 1.82) is 0 Å². The lowest BCUT2D eigenvalue weighted by Gasteiger charge is -2.47. The Kier molecular flexibility index (Phi) is 4.88. The molecule has 1 heterocycles. The molecule has 4 rings (SSSR count). The van der Waals surface area contributed by atoms with E-state index in [1.807, 2.05) is 17.8 Å². The fourth-order valence-electron chi connectivity index (χ4n) is 4.95. The Morgan fingerprint density at radius 3 is 2.86 bits per heavy atom. The molecule has 2 unspecified atom stereocenters. The summed E-state index contributed by atoms with van der Waals surface area (Å²) in [6, 6.07) is 6.42. The number of rotatable bonds is 4. The van der Waals surface area contributed by atoms with Crippen molar-refractivity contribution in [1.82, 2.24) is 9.78 Å². The third kappa shape index (κ3) is 3.08. The van der Waals surface area contributed by atoms with Crippen LogP contribution in [0.3, 0.4) is 0 Å². The maximum atomic E-state index is 13.3. The van der Waals surface area contributed by atoms with E-state index in [9.17, 15) is 9.50 Å². The van der Waals surface area contributed by atoms with E-state index < -0.39 is 6.10 Å². The average Bonchev–Trinajstić information content (AvgIpc) is 3.07. The molecule has 1 saturated carbocycles. The second-order valence-electron chi connectivity index (χ2n) is 8.25. The molecule has 2 aliphatic carbocycles. The third-order valence-corrected chi connectivity index (χ3v) is 6.49. The molecule has 5 heteroatoms. The molecule has 2 aromatic rings. The quantitative estimate of drug-likeness (QED) is 0.782. The van der Waals surface area contributed by atoms with Crippen LogP contribution in [0.4, 0.5) is 4.39 Å². The van der Waals surface area contributed by atoms with Gasteiger partial charge >= 0.3 is 0 Å². The lowest BCUT2D eigenvalue weighted by Crippen LogP contribution is -2.43. The number of methoxy groups -OCH3 is 1. The highest BCUT2D eigenvalue weighted by molar-refractivity contribution is 5.61. The summed E-state index contributed by atoms with van der Waals surface area (Å²) in [5.74, 6) is -0.111. The minimum Gasteiger partial charge on any atom is -0.504 e. The number of benzene rings is 1. The summed E-state index contributed by atoms with van der Waals surface area (Å²) in [5.41, 5.74) is 5.22. The molecule has 0 spiro atoms. The maximum Gasteiger partial charge on any atom is 0.123 e. The zero-order valence-electron chi connectivity index (χ0n) is 16.7. The molecule has 2 aliphatic rings. The van der Waals surface area contributed by atoms with Gasteiger partial charge in [-0.1, -0.05) is 12.5 Å². The van der Waals surface area contributed by atoms with E-state index in [-0.39, 0.29) is 17.2 Å². The van der Waals surface area contributed by atoms with Crippen LogP contribution in [0.25, 0.3) is 11.8 Å². The van der Waals surface area contributed by atoms with Gasteiger partial charge in [-0.25, -0.2) is 9.07 Å². The number of nitrogens with zero attached hydrogens (tertiary/aromatic N) is 2. The molecule has 1 N–H and O–H groups in total. The van der Waals surface area contributed by atoms with Crippen molar-refractivity contribution in [2.24, 2.45) is 11.3 Å². The topological polar surface area (TPSA) is 47.3 Å². The Balaban J connectivity index is 1.72. The first-order valence-electron chi connectivity index (χ1n) is 9.85. The number of aromatic nitrogens is 2. The molecule has 0 aliphatic heterocycles. The van der Waals surface area contributed by atoms with Crippen LogP contribution in [0, 0.1) is 17.2 Å². The van der Waals surface area contributed by atoms with Gasteiger partial charge in [0.2, 0.25) is 0 Å². The second-order valence-corrected chi connectivity index (χ2v) is 8.25. The van der Waals surface area contributed by atoms with Gasteiger partial charge in [-0.05, 0) is 85.4 Å². The number of hydrogen-bond donors (Lipinski definition) is 1. The van der Waals surface area contributed by atoms with Crippen LogP contribution in [0.2, 0.25) is 0 Å². The summed E-state index contributed by atoms with van der Waals surface area (Å²) in [5, 5.41) is 15.6. The molecule has 0 radical (unpaired) electrons. The van der Waals surface area contributed by atoms with Gasteiger partial charge in [-0.2, -0.15) is 5.10 Å². The van der Waals surface area contributed by atoms with Crippen LogP contribution in [-0.2, 0) is 11.2 Å². The van der Waals surface area contributed by atoms with Gasteiger partial charge in [0.15, 0.2) is 0 Å². The normalized spacial score (nSPS) is 25.5. The molecule has 148 valence electrons. The smallest absolute Gasteiger partial charge is 0.123 e. The van der Waals surface area contributed by atoms with Gasteiger partial charge in [-0.3, -0.25) is 0 Å². The molecule has 1 aromatic carbocycles. The van der Waals surface area contributed by atoms with Crippen molar-refractivity contribution in [3.63, 3.8) is 0 Å². The number of allylic oxidation sites excluding steroid dienone is 1. The minimum absolute atomic E-state index is 0.107. The van der Waals surface area contributed by atoms with Gasteiger partial charge in [-0.15, -0.1) is 0 Å². The Morgan fingerprint density at radius 1 is 1.39 bits per heavy atom. The van der Waals surface area contributed by atoms with Crippen molar-refractivity contribution in [3.8, 4) is 5.69 Å². The highest BCUT2D eigenvalue weighted by Gasteiger charge is 2.46. The Labute approximate surface area is 165 Å². The van der Waals surface area contributed by atoms with Crippen LogP contribution >= 0.6 is 0 Å². The summed E-state index contributed by atoms with van der Waals surface area (Å²) in [7, 11) is 1.61. The first-order valence-corrected chi connectivity index (χ1v) is 9.85. The van der Waals surface area contributed by atoms with E-state index in [0.717, 1.165) is 42.6 Å². The van der Waals surface area contributed by atoms with E-state index in [1.165, 1.54) is 23.3 Å². The van der Waals surface area contributed by atoms with Crippen molar-refractivity contribution in [2.45, 2.75) is 45.6 Å². The predicted octanol–water partition coefficient (Wildman–Crippen LogP) is 4.67. The van der Waals surface area contributed by atoms with Gasteiger partial charge in [0.25, 0.3) is 0 Å². The van der Waals surface area contributed by atoms with Crippen LogP contribution in [0.15, 0.2) is 47.9 Å². The number of hydrogen-bond acceptors (Lipinski definition) is 3. The fourth-order valence-corrected chi connectivity index (χ4v) is 4.95. The second kappa shape index (κ2) is 7.21. The van der Waals surface area contributed by atoms with Gasteiger partial charge in [0.05, 0.1) is 37.1 Å². The zero-order valence-corrected chi connectivity index (χ0v) is 16.7. The highest BCUT2D eigenvalue weighted by Crippen LogP contribution is 2.52. The molecule has 0 saturated heterocycles. The number of halogens is 1. The SMILES string of the molecule is CO/C=C(\C)C(O)C1CCCC2=Cc3c(cnn3-c3ccc(F)cc3)C[C@@]21C. The van der Waals surface area contributed by atoms with Crippen molar-refractivity contribution < 1.29 is 14.2 Å². The van der Waals surface area contributed by atoms with E-state index >= 15 is 0 Å². The standard InChI is InChI=1S/C23H27FN2O2/c1-15(14-28-3)22(27)20-6-4-5-17-11-21-16(12-23(17,20)2)13-25-26(21)19-9-7-18(24)8-10-19/h7-11,13-14,20,22,27H,4-6,12H2,1-3H3/b15-14+/t20?,22?,23-/m0/s1. The van der Waals surface area contributed by atoms with Crippen molar-refractivity contribution in [2.75, 3.05) is 7.11 Å². The number of aliphatic hydroxyl groups is 1. The summed E-state index contributed by atoms with van der Waals surface area (Å²) in [6.07, 6.45) is 9.19. The fraction of sp³-hybridized carbons (Fsp3) is 0.435. The van der Waals surface area contributed by atoms with Gasteiger partial charge < -0.3 is 9.84 Å². The molecular weight excluding hydrogens is 355 g/mol. The average molecular weight is 382 g/mol. The van der Waals surface area contributed by atoms with E-state index in [0.29, 0.717) is 0 Å². The summed E-state index contributed by atoms with van der Waals surface area (Å²) >= 11 is 0. The lowest BCUT2D eigenvalue weighted by atomic mass is 9.57. The maximum absolute atomic E-state index is 13.3. The summed E-state index contributed by atoms with van der Waals surface area (Å²) < 4.78 is 20.3. The first kappa shape index (κ1) is 18.9. The molecule has 0 bridgehead atoms. The molecule has 4 nitrogen and oxygen atoms in total. The van der Waals surface area contributed by atoms with Crippen molar-refractivity contribution in [3.05, 3.63) is 64.9 Å². The number of aliphatic hydroxyl groups excluding tert-OH is 1. The predicted molar refractivity (Wildman–Crippen MR) is 107 cm³/mol. The Hall–Kier alpha value is -2.40. The molecular formula is C23H27FN2O2. The van der Waals surface area contributed by atoms with Crippen LogP contribution in [-0.4, -0.2) is 28.1 Å². The first-order chi connectivity index (χ1) is 13.4.